The Morgan fingerprint density at radius 3 is 2.07 bits per heavy atom. The molecule has 3 rings (SSSR count). The maximum absolute atomic E-state index is 12.3. The molecule has 3 aromatic rings. The van der Waals surface area contributed by atoms with E-state index in [-0.39, 0.29) is 9.79 Å². The van der Waals surface area contributed by atoms with Crippen LogP contribution in [0.15, 0.2) is 82.7 Å². The van der Waals surface area contributed by atoms with Gasteiger partial charge in [0.25, 0.3) is 0 Å². The minimum atomic E-state index is -3.67. The second-order valence-electron chi connectivity index (χ2n) is 6.44. The number of nitrogens with one attached hydrogen (secondary N) is 1. The van der Waals surface area contributed by atoms with E-state index in [1.54, 1.807) is 12.3 Å². The van der Waals surface area contributed by atoms with Crippen molar-refractivity contribution < 1.29 is 16.8 Å². The van der Waals surface area contributed by atoms with Gasteiger partial charge in [0.2, 0.25) is 0 Å². The van der Waals surface area contributed by atoms with Crippen molar-refractivity contribution in [1.29, 1.82) is 0 Å². The number of aromatic nitrogens is 1. The Morgan fingerprint density at radius 2 is 1.50 bits per heavy atom. The van der Waals surface area contributed by atoms with Gasteiger partial charge in [0.15, 0.2) is 19.7 Å². The number of rotatable bonds is 6. The molecule has 146 valence electrons. The molecule has 0 aliphatic heterocycles. The summed E-state index contributed by atoms with van der Waals surface area (Å²) in [7, 11) is -7.21. The highest BCUT2D eigenvalue weighted by Gasteiger charge is 2.22. The highest BCUT2D eigenvalue weighted by molar-refractivity contribution is 7.91. The van der Waals surface area contributed by atoms with Crippen LogP contribution in [0.2, 0.25) is 0 Å². The van der Waals surface area contributed by atoms with Crippen molar-refractivity contribution in [3.63, 3.8) is 0 Å². The minimum Gasteiger partial charge on any atom is -0.372 e. The van der Waals surface area contributed by atoms with E-state index in [0.29, 0.717) is 11.4 Å². The third-order valence-electron chi connectivity index (χ3n) is 4.20. The Bertz CT molecular complexity index is 1140. The van der Waals surface area contributed by atoms with Crippen LogP contribution in [0.5, 0.6) is 0 Å². The van der Waals surface area contributed by atoms with E-state index >= 15 is 0 Å². The molecule has 1 N–H and O–H groups in total. The summed E-state index contributed by atoms with van der Waals surface area (Å²) in [6.07, 6.45) is 3.76. The summed E-state index contributed by atoms with van der Waals surface area (Å²) in [5, 5.41) is 3.23. The first-order valence-electron chi connectivity index (χ1n) is 8.43. The van der Waals surface area contributed by atoms with E-state index in [1.807, 2.05) is 42.5 Å². The lowest BCUT2D eigenvalue weighted by Crippen LogP contribution is -2.16. The molecule has 6 nitrogen and oxygen atoms in total. The van der Waals surface area contributed by atoms with Gasteiger partial charge in [0.05, 0.1) is 27.2 Å². The quantitative estimate of drug-likeness (QED) is 0.664. The highest BCUT2D eigenvalue weighted by atomic mass is 32.2. The summed E-state index contributed by atoms with van der Waals surface area (Å²) >= 11 is 0. The summed E-state index contributed by atoms with van der Waals surface area (Å²) in [6.45, 7) is 0. The number of sulfone groups is 2. The van der Waals surface area contributed by atoms with E-state index in [0.717, 1.165) is 18.1 Å². The van der Waals surface area contributed by atoms with E-state index in [9.17, 15) is 16.8 Å². The van der Waals surface area contributed by atoms with Gasteiger partial charge in [-0.05, 0) is 35.9 Å². The average Bonchev–Trinajstić information content (AvgIpc) is 2.66. The second-order valence-corrected chi connectivity index (χ2v) is 10.4. The Balaban J connectivity index is 2.13. The van der Waals surface area contributed by atoms with Gasteiger partial charge in [-0.1, -0.05) is 36.4 Å². The fraction of sp³-hybridized carbons (Fsp3) is 0.150. The monoisotopic (exact) mass is 416 g/mol. The number of benzene rings is 2. The molecule has 2 aromatic carbocycles. The summed E-state index contributed by atoms with van der Waals surface area (Å²) in [5.74, 6) is 0. The molecule has 0 saturated carbocycles. The first kappa shape index (κ1) is 20.0. The van der Waals surface area contributed by atoms with Crippen molar-refractivity contribution >= 4 is 25.4 Å². The Labute approximate surface area is 165 Å². The minimum absolute atomic E-state index is 0.0485. The van der Waals surface area contributed by atoms with Gasteiger partial charge >= 0.3 is 0 Å². The van der Waals surface area contributed by atoms with E-state index in [2.05, 4.69) is 10.3 Å². The van der Waals surface area contributed by atoms with Crippen molar-refractivity contribution in [2.45, 2.75) is 15.8 Å². The molecule has 0 aliphatic rings. The van der Waals surface area contributed by atoms with Crippen LogP contribution in [0, 0.1) is 0 Å². The largest absolute Gasteiger partial charge is 0.372 e. The summed E-state index contributed by atoms with van der Waals surface area (Å²) < 4.78 is 48.4. The Hall–Kier alpha value is -2.71. The standard InChI is InChI=1S/C20H20N2O4S2/c1-27(23,24)16-11-12-17(19(14-16)28(2,25)26)22-20(15-8-4-3-5-9-15)18-10-6-7-13-21-18/h3-14,20,22H,1-2H3/t20-/m0/s1. The Morgan fingerprint density at radius 1 is 0.821 bits per heavy atom. The van der Waals surface area contributed by atoms with Gasteiger partial charge < -0.3 is 5.32 Å². The fourth-order valence-corrected chi connectivity index (χ4v) is 4.42. The van der Waals surface area contributed by atoms with Crippen LogP contribution >= 0.6 is 0 Å². The lowest BCUT2D eigenvalue weighted by atomic mass is 10.0. The van der Waals surface area contributed by atoms with Crippen LogP contribution in [-0.4, -0.2) is 34.3 Å². The van der Waals surface area contributed by atoms with Crippen LogP contribution in [0.25, 0.3) is 0 Å². The molecule has 1 heterocycles. The van der Waals surface area contributed by atoms with Gasteiger partial charge in [-0.25, -0.2) is 16.8 Å². The molecule has 1 aromatic heterocycles. The summed E-state index contributed by atoms with van der Waals surface area (Å²) in [5.41, 5.74) is 1.92. The van der Waals surface area contributed by atoms with Gasteiger partial charge in [0.1, 0.15) is 0 Å². The predicted molar refractivity (Wildman–Crippen MR) is 109 cm³/mol. The first-order chi connectivity index (χ1) is 13.2. The highest BCUT2D eigenvalue weighted by Crippen LogP contribution is 2.31. The van der Waals surface area contributed by atoms with Gasteiger partial charge in [-0.3, -0.25) is 4.98 Å². The molecule has 0 bridgehead atoms. The Kier molecular flexibility index (Phi) is 5.53. The second kappa shape index (κ2) is 7.73. The maximum atomic E-state index is 12.3. The summed E-state index contributed by atoms with van der Waals surface area (Å²) in [6, 6.07) is 18.6. The molecule has 0 radical (unpaired) electrons. The zero-order chi connectivity index (χ0) is 20.4. The third-order valence-corrected chi connectivity index (χ3v) is 6.44. The zero-order valence-electron chi connectivity index (χ0n) is 15.4. The van der Waals surface area contributed by atoms with E-state index in [4.69, 9.17) is 0 Å². The average molecular weight is 417 g/mol. The molecular formula is C20H20N2O4S2. The topological polar surface area (TPSA) is 93.2 Å². The van der Waals surface area contributed by atoms with Crippen LogP contribution < -0.4 is 5.32 Å². The molecule has 0 fully saturated rings. The molecule has 0 saturated heterocycles. The van der Waals surface area contributed by atoms with E-state index < -0.39 is 25.7 Å². The molecule has 28 heavy (non-hydrogen) atoms. The smallest absolute Gasteiger partial charge is 0.177 e. The number of anilines is 1. The number of nitrogens with zero attached hydrogens (tertiary/aromatic N) is 1. The molecule has 0 amide bonds. The van der Waals surface area contributed by atoms with E-state index in [1.165, 1.54) is 18.2 Å². The van der Waals surface area contributed by atoms with Crippen molar-refractivity contribution in [3.8, 4) is 0 Å². The maximum Gasteiger partial charge on any atom is 0.177 e. The molecule has 0 spiro atoms. The fourth-order valence-electron chi connectivity index (χ4n) is 2.84. The van der Waals surface area contributed by atoms with Crippen molar-refractivity contribution in [2.75, 3.05) is 17.8 Å². The van der Waals surface area contributed by atoms with Crippen molar-refractivity contribution in [3.05, 3.63) is 84.2 Å². The molecule has 8 heteroatoms. The molecular weight excluding hydrogens is 396 g/mol. The van der Waals surface area contributed by atoms with Gasteiger partial charge in [0, 0.05) is 18.7 Å². The third kappa shape index (κ3) is 4.58. The number of pyridine rings is 1. The number of hydrogen-bond acceptors (Lipinski definition) is 6. The molecule has 0 aliphatic carbocycles. The SMILES string of the molecule is CS(=O)(=O)c1ccc(N[C@@H](c2ccccc2)c2ccccn2)c(S(C)(=O)=O)c1. The van der Waals surface area contributed by atoms with Crippen molar-refractivity contribution in [2.24, 2.45) is 0 Å². The lowest BCUT2D eigenvalue weighted by Gasteiger charge is -2.22. The lowest BCUT2D eigenvalue weighted by molar-refractivity contribution is 0.600. The molecule has 0 unspecified atom stereocenters. The normalized spacial score (nSPS) is 13.1. The van der Waals surface area contributed by atoms with Gasteiger partial charge in [-0.2, -0.15) is 0 Å². The van der Waals surface area contributed by atoms with Crippen LogP contribution in [0.4, 0.5) is 5.69 Å². The van der Waals surface area contributed by atoms with Crippen molar-refractivity contribution in [1.82, 2.24) is 4.98 Å². The first-order valence-corrected chi connectivity index (χ1v) is 12.2. The van der Waals surface area contributed by atoms with Crippen LogP contribution in [0.3, 0.4) is 0 Å². The van der Waals surface area contributed by atoms with Gasteiger partial charge in [-0.15, -0.1) is 0 Å². The molecule has 1 atom stereocenters. The zero-order valence-corrected chi connectivity index (χ0v) is 17.0. The predicted octanol–water partition coefficient (Wildman–Crippen LogP) is 3.09. The summed E-state index contributed by atoms with van der Waals surface area (Å²) in [4.78, 5) is 4.27. The van der Waals surface area contributed by atoms with Crippen LogP contribution in [0.1, 0.15) is 17.3 Å². The van der Waals surface area contributed by atoms with Crippen LogP contribution in [-0.2, 0) is 19.7 Å². The number of hydrogen-bond donors (Lipinski definition) is 1.